The van der Waals surface area contributed by atoms with E-state index in [1.54, 1.807) is 0 Å². The van der Waals surface area contributed by atoms with Crippen LogP contribution in [0.3, 0.4) is 0 Å². The predicted octanol–water partition coefficient (Wildman–Crippen LogP) is 3.43. The molecule has 2 fully saturated rings. The summed E-state index contributed by atoms with van der Waals surface area (Å²) in [6.45, 7) is 8.48. The molecule has 2 saturated heterocycles. The lowest BCUT2D eigenvalue weighted by atomic mass is 9.97. The third-order valence-corrected chi connectivity index (χ3v) is 4.51. The zero-order valence-electron chi connectivity index (χ0n) is 11.3. The molecule has 2 aliphatic rings. The monoisotopic (exact) mass is 224 g/mol. The Hall–Kier alpha value is -0.0800. The molecule has 0 bridgehead atoms. The summed E-state index contributed by atoms with van der Waals surface area (Å²) >= 11 is 0. The van der Waals surface area contributed by atoms with E-state index in [4.69, 9.17) is 0 Å². The van der Waals surface area contributed by atoms with Crippen molar-refractivity contribution in [3.05, 3.63) is 0 Å². The first-order valence-electron chi connectivity index (χ1n) is 7.29. The molecule has 0 saturated carbocycles. The van der Waals surface area contributed by atoms with Crippen LogP contribution in [0.4, 0.5) is 0 Å². The van der Waals surface area contributed by atoms with Gasteiger partial charge in [0.15, 0.2) is 0 Å². The Balaban J connectivity index is 2.07. The fraction of sp³-hybridized carbons (Fsp3) is 1.00. The molecule has 0 aromatic rings. The quantitative estimate of drug-likeness (QED) is 0.709. The zero-order chi connectivity index (χ0) is 11.5. The second kappa shape index (κ2) is 5.50. The van der Waals surface area contributed by atoms with Gasteiger partial charge in [-0.2, -0.15) is 0 Å². The van der Waals surface area contributed by atoms with E-state index in [2.05, 4.69) is 30.8 Å². The largest absolute Gasteiger partial charge is 0.238 e. The van der Waals surface area contributed by atoms with Crippen LogP contribution in [0.2, 0.25) is 0 Å². The molecule has 2 aliphatic heterocycles. The Kier molecular flexibility index (Phi) is 4.26. The first-order valence-corrected chi connectivity index (χ1v) is 7.29. The molecule has 0 aliphatic carbocycles. The van der Waals surface area contributed by atoms with Crippen molar-refractivity contribution in [2.75, 3.05) is 6.54 Å². The van der Waals surface area contributed by atoms with E-state index >= 15 is 0 Å². The third kappa shape index (κ3) is 2.43. The van der Waals surface area contributed by atoms with Crippen LogP contribution < -0.4 is 0 Å². The number of nitrogens with zero attached hydrogens (tertiary/aromatic N) is 2. The second-order valence-corrected chi connectivity index (χ2v) is 5.73. The molecule has 2 heterocycles. The van der Waals surface area contributed by atoms with Crippen molar-refractivity contribution in [1.29, 1.82) is 0 Å². The zero-order valence-corrected chi connectivity index (χ0v) is 11.3. The molecule has 0 aromatic heterocycles. The smallest absolute Gasteiger partial charge is 0.0243 e. The standard InChI is InChI=1S/C14H28N2/c1-4-14-10-5-6-11-15(14)16-12(2)8-7-9-13(16)3/h12-14H,4-11H2,1-3H3. The highest BCUT2D eigenvalue weighted by Gasteiger charge is 2.34. The second-order valence-electron chi connectivity index (χ2n) is 5.73. The minimum atomic E-state index is 0.760. The van der Waals surface area contributed by atoms with Crippen molar-refractivity contribution < 1.29 is 0 Å². The van der Waals surface area contributed by atoms with Gasteiger partial charge >= 0.3 is 0 Å². The number of hydrogen-bond donors (Lipinski definition) is 0. The molecule has 3 unspecified atom stereocenters. The highest BCUT2D eigenvalue weighted by molar-refractivity contribution is 4.83. The normalized spacial score (nSPS) is 38.8. The molecule has 2 rings (SSSR count). The summed E-state index contributed by atoms with van der Waals surface area (Å²) in [5.41, 5.74) is 0. The maximum absolute atomic E-state index is 2.72. The van der Waals surface area contributed by atoms with E-state index in [0.717, 1.165) is 18.1 Å². The van der Waals surface area contributed by atoms with E-state index in [-0.39, 0.29) is 0 Å². The summed E-state index contributed by atoms with van der Waals surface area (Å²) in [5, 5.41) is 5.44. The fourth-order valence-electron chi connectivity index (χ4n) is 3.62. The Morgan fingerprint density at radius 2 is 1.62 bits per heavy atom. The Morgan fingerprint density at radius 3 is 2.25 bits per heavy atom. The predicted molar refractivity (Wildman–Crippen MR) is 69.3 cm³/mol. The summed E-state index contributed by atoms with van der Waals surface area (Å²) in [6.07, 6.45) is 9.75. The summed E-state index contributed by atoms with van der Waals surface area (Å²) < 4.78 is 0. The van der Waals surface area contributed by atoms with Gasteiger partial charge in [-0.25, -0.2) is 10.0 Å². The van der Waals surface area contributed by atoms with Crippen molar-refractivity contribution in [3.8, 4) is 0 Å². The lowest BCUT2D eigenvalue weighted by molar-refractivity contribution is -0.142. The lowest BCUT2D eigenvalue weighted by Crippen LogP contribution is -2.59. The molecular weight excluding hydrogens is 196 g/mol. The minimum Gasteiger partial charge on any atom is -0.238 e. The van der Waals surface area contributed by atoms with Gasteiger partial charge in [-0.15, -0.1) is 0 Å². The Morgan fingerprint density at radius 1 is 0.938 bits per heavy atom. The van der Waals surface area contributed by atoms with Crippen LogP contribution in [0.25, 0.3) is 0 Å². The van der Waals surface area contributed by atoms with Crippen molar-refractivity contribution in [2.24, 2.45) is 0 Å². The van der Waals surface area contributed by atoms with Gasteiger partial charge in [0, 0.05) is 24.7 Å². The van der Waals surface area contributed by atoms with Gasteiger partial charge in [-0.1, -0.05) is 19.8 Å². The van der Waals surface area contributed by atoms with Gasteiger partial charge in [0.1, 0.15) is 0 Å². The van der Waals surface area contributed by atoms with Crippen LogP contribution in [0.15, 0.2) is 0 Å². The fourth-order valence-corrected chi connectivity index (χ4v) is 3.62. The Labute approximate surface area is 101 Å². The third-order valence-electron chi connectivity index (χ3n) is 4.51. The van der Waals surface area contributed by atoms with Crippen LogP contribution in [-0.4, -0.2) is 34.7 Å². The molecule has 3 atom stereocenters. The van der Waals surface area contributed by atoms with Crippen LogP contribution in [0, 0.1) is 0 Å². The van der Waals surface area contributed by atoms with Gasteiger partial charge < -0.3 is 0 Å². The van der Waals surface area contributed by atoms with Crippen LogP contribution >= 0.6 is 0 Å². The molecule has 0 amide bonds. The average Bonchev–Trinajstić information content (AvgIpc) is 2.29. The summed E-state index contributed by atoms with van der Waals surface area (Å²) in [4.78, 5) is 0. The van der Waals surface area contributed by atoms with Crippen molar-refractivity contribution in [2.45, 2.75) is 83.8 Å². The van der Waals surface area contributed by atoms with Crippen molar-refractivity contribution >= 4 is 0 Å². The summed E-state index contributed by atoms with van der Waals surface area (Å²) in [6, 6.07) is 2.34. The van der Waals surface area contributed by atoms with Crippen LogP contribution in [-0.2, 0) is 0 Å². The number of hydrogen-bond acceptors (Lipinski definition) is 2. The van der Waals surface area contributed by atoms with Crippen molar-refractivity contribution in [3.63, 3.8) is 0 Å². The topological polar surface area (TPSA) is 6.48 Å². The van der Waals surface area contributed by atoms with Crippen LogP contribution in [0.1, 0.15) is 65.7 Å². The molecule has 16 heavy (non-hydrogen) atoms. The minimum absolute atomic E-state index is 0.760. The van der Waals surface area contributed by atoms with E-state index in [0.29, 0.717) is 0 Å². The van der Waals surface area contributed by atoms with E-state index in [1.165, 1.54) is 51.5 Å². The lowest BCUT2D eigenvalue weighted by Gasteiger charge is -2.50. The first-order chi connectivity index (χ1) is 7.74. The first kappa shape index (κ1) is 12.4. The van der Waals surface area contributed by atoms with E-state index in [1.807, 2.05) is 0 Å². The molecule has 0 spiro atoms. The van der Waals surface area contributed by atoms with Gasteiger partial charge in [0.25, 0.3) is 0 Å². The van der Waals surface area contributed by atoms with Gasteiger partial charge in [0.05, 0.1) is 0 Å². The highest BCUT2D eigenvalue weighted by atomic mass is 15.7. The molecule has 2 nitrogen and oxygen atoms in total. The van der Waals surface area contributed by atoms with Gasteiger partial charge in [0.2, 0.25) is 0 Å². The summed E-state index contributed by atoms with van der Waals surface area (Å²) in [7, 11) is 0. The maximum atomic E-state index is 2.72. The number of hydrazine groups is 1. The molecule has 0 N–H and O–H groups in total. The van der Waals surface area contributed by atoms with Crippen molar-refractivity contribution in [1.82, 2.24) is 10.0 Å². The SMILES string of the molecule is CCC1CCCCN1N1C(C)CCCC1C. The summed E-state index contributed by atoms with van der Waals surface area (Å²) in [5.74, 6) is 0. The molecule has 94 valence electrons. The number of piperidine rings is 2. The molecule has 0 radical (unpaired) electrons. The van der Waals surface area contributed by atoms with E-state index < -0.39 is 0 Å². The van der Waals surface area contributed by atoms with Gasteiger partial charge in [-0.05, 0) is 46.0 Å². The number of rotatable bonds is 2. The Bertz CT molecular complexity index is 207. The van der Waals surface area contributed by atoms with Gasteiger partial charge in [-0.3, -0.25) is 0 Å². The van der Waals surface area contributed by atoms with E-state index in [9.17, 15) is 0 Å². The average molecular weight is 224 g/mol. The van der Waals surface area contributed by atoms with Crippen LogP contribution in [0.5, 0.6) is 0 Å². The molecular formula is C14H28N2. The molecule has 0 aromatic carbocycles. The highest BCUT2D eigenvalue weighted by Crippen LogP contribution is 2.30. The maximum Gasteiger partial charge on any atom is 0.0243 e. The molecule has 2 heteroatoms.